The number of carbonyl (C=O) groups is 1. The molecule has 0 unspecified atom stereocenters. The van der Waals surface area contributed by atoms with E-state index in [4.69, 9.17) is 19.9 Å². The first-order chi connectivity index (χ1) is 9.10. The molecular weight excluding hydrogens is 248 g/mol. The van der Waals surface area contributed by atoms with Crippen molar-refractivity contribution in [3.63, 3.8) is 0 Å². The number of hydrogen-bond acceptors (Lipinski definition) is 5. The molecule has 6 heteroatoms. The topological polar surface area (TPSA) is 82.8 Å². The van der Waals surface area contributed by atoms with E-state index >= 15 is 0 Å². The van der Waals surface area contributed by atoms with E-state index in [0.29, 0.717) is 23.8 Å². The Morgan fingerprint density at radius 3 is 2.74 bits per heavy atom. The fourth-order valence-corrected chi connectivity index (χ4v) is 1.77. The third-order valence-corrected chi connectivity index (χ3v) is 2.58. The third-order valence-electron chi connectivity index (χ3n) is 2.58. The van der Waals surface area contributed by atoms with Gasteiger partial charge in [-0.15, -0.1) is 0 Å². The van der Waals surface area contributed by atoms with Gasteiger partial charge in [0.1, 0.15) is 5.75 Å². The van der Waals surface area contributed by atoms with Crippen molar-refractivity contribution >= 4 is 5.91 Å². The van der Waals surface area contributed by atoms with Crippen molar-refractivity contribution in [3.8, 4) is 17.2 Å². The number of rotatable bonds is 5. The largest absolute Gasteiger partial charge is 0.483 e. The zero-order valence-electron chi connectivity index (χ0n) is 11.1. The highest BCUT2D eigenvalue weighted by atomic mass is 16.7. The number of amides is 1. The lowest BCUT2D eigenvalue weighted by Gasteiger charge is -2.12. The minimum Gasteiger partial charge on any atom is -0.483 e. The molecule has 0 fully saturated rings. The van der Waals surface area contributed by atoms with E-state index in [1.165, 1.54) is 0 Å². The van der Waals surface area contributed by atoms with Crippen LogP contribution in [0.5, 0.6) is 17.2 Å². The van der Waals surface area contributed by atoms with Crippen LogP contribution in [0.3, 0.4) is 0 Å². The van der Waals surface area contributed by atoms with Crippen molar-refractivity contribution in [1.29, 1.82) is 0 Å². The molecule has 6 nitrogen and oxygen atoms in total. The zero-order valence-corrected chi connectivity index (χ0v) is 11.1. The van der Waals surface area contributed by atoms with Gasteiger partial charge >= 0.3 is 0 Å². The Labute approximate surface area is 111 Å². The average Bonchev–Trinajstić information content (AvgIpc) is 2.81. The second kappa shape index (κ2) is 5.79. The molecule has 1 aliphatic heterocycles. The molecule has 0 spiro atoms. The Bertz CT molecular complexity index is 474. The fourth-order valence-electron chi connectivity index (χ4n) is 1.77. The van der Waals surface area contributed by atoms with Gasteiger partial charge in [-0.1, -0.05) is 0 Å². The molecule has 19 heavy (non-hydrogen) atoms. The predicted octanol–water partition coefficient (Wildman–Crippen LogP) is 0.777. The molecule has 1 aromatic carbocycles. The number of benzene rings is 1. The number of nitrogens with one attached hydrogen (secondary N) is 1. The summed E-state index contributed by atoms with van der Waals surface area (Å²) < 4.78 is 16.0. The Morgan fingerprint density at radius 2 is 2.11 bits per heavy atom. The smallest absolute Gasteiger partial charge is 0.258 e. The van der Waals surface area contributed by atoms with Crippen LogP contribution in [0.1, 0.15) is 19.4 Å². The Hall–Kier alpha value is -1.95. The van der Waals surface area contributed by atoms with Gasteiger partial charge in [0.2, 0.25) is 6.79 Å². The first-order valence-electron chi connectivity index (χ1n) is 6.15. The second-order valence-electron chi connectivity index (χ2n) is 4.53. The maximum Gasteiger partial charge on any atom is 0.258 e. The van der Waals surface area contributed by atoms with Crippen molar-refractivity contribution in [2.45, 2.75) is 26.4 Å². The molecule has 104 valence electrons. The molecule has 2 rings (SSSR count). The van der Waals surface area contributed by atoms with Gasteiger partial charge in [0, 0.05) is 24.2 Å². The van der Waals surface area contributed by atoms with Gasteiger partial charge in [-0.25, -0.2) is 0 Å². The van der Waals surface area contributed by atoms with Crippen LogP contribution in [-0.2, 0) is 11.3 Å². The number of carbonyl (C=O) groups excluding carboxylic acids is 1. The van der Waals surface area contributed by atoms with Gasteiger partial charge in [0.05, 0.1) is 0 Å². The Balaban J connectivity index is 2.05. The number of fused-ring (bicyclic) bond motifs is 1. The summed E-state index contributed by atoms with van der Waals surface area (Å²) in [6, 6.07) is 3.56. The van der Waals surface area contributed by atoms with Crippen molar-refractivity contribution in [2.75, 3.05) is 13.4 Å². The molecule has 1 aromatic rings. The summed E-state index contributed by atoms with van der Waals surface area (Å²) in [4.78, 5) is 11.5. The highest BCUT2D eigenvalue weighted by Gasteiger charge is 2.18. The highest BCUT2D eigenvalue weighted by Crippen LogP contribution is 2.37. The van der Waals surface area contributed by atoms with Crippen molar-refractivity contribution in [2.24, 2.45) is 5.73 Å². The lowest BCUT2D eigenvalue weighted by molar-refractivity contribution is -0.123. The first kappa shape index (κ1) is 13.5. The monoisotopic (exact) mass is 266 g/mol. The highest BCUT2D eigenvalue weighted by molar-refractivity contribution is 5.77. The quantitative estimate of drug-likeness (QED) is 0.822. The van der Waals surface area contributed by atoms with E-state index in [0.717, 1.165) is 5.56 Å². The summed E-state index contributed by atoms with van der Waals surface area (Å²) in [7, 11) is 0. The van der Waals surface area contributed by atoms with Gasteiger partial charge in [0.15, 0.2) is 18.1 Å². The van der Waals surface area contributed by atoms with Gasteiger partial charge in [-0.2, -0.15) is 0 Å². The average molecular weight is 266 g/mol. The van der Waals surface area contributed by atoms with Crippen molar-refractivity contribution in [1.82, 2.24) is 5.32 Å². The number of hydrogen-bond donors (Lipinski definition) is 2. The molecule has 0 saturated carbocycles. The summed E-state index contributed by atoms with van der Waals surface area (Å²) in [6.45, 7) is 4.23. The molecule has 1 aliphatic rings. The maximum absolute atomic E-state index is 11.5. The molecule has 3 N–H and O–H groups in total. The molecule has 0 bridgehead atoms. The third kappa shape index (κ3) is 3.29. The van der Waals surface area contributed by atoms with E-state index in [-0.39, 0.29) is 25.3 Å². The lowest BCUT2D eigenvalue weighted by atomic mass is 10.2. The lowest BCUT2D eigenvalue weighted by Crippen LogP contribution is -2.34. The normalized spacial score (nSPS) is 12.6. The minimum absolute atomic E-state index is 0.0508. The zero-order chi connectivity index (χ0) is 13.8. The summed E-state index contributed by atoms with van der Waals surface area (Å²) in [5.74, 6) is 1.64. The summed E-state index contributed by atoms with van der Waals surface area (Å²) in [6.07, 6.45) is 0. The van der Waals surface area contributed by atoms with Crippen LogP contribution in [0.4, 0.5) is 0 Å². The maximum atomic E-state index is 11.5. The molecule has 0 aromatic heterocycles. The van der Waals surface area contributed by atoms with Crippen LogP contribution >= 0.6 is 0 Å². The molecule has 1 amide bonds. The summed E-state index contributed by atoms with van der Waals surface area (Å²) >= 11 is 0. The van der Waals surface area contributed by atoms with Crippen LogP contribution < -0.4 is 25.3 Å². The van der Waals surface area contributed by atoms with Crippen LogP contribution in [-0.4, -0.2) is 25.3 Å². The van der Waals surface area contributed by atoms with Crippen LogP contribution in [0.25, 0.3) is 0 Å². The molecule has 0 aliphatic carbocycles. The van der Waals surface area contributed by atoms with E-state index < -0.39 is 0 Å². The fraction of sp³-hybridized carbons (Fsp3) is 0.462. The standard InChI is InChI=1S/C13H18N2O4/c1-8(2)15-13(16)6-17-10-4-12-11(18-7-19-12)3-9(10)5-14/h3-4,8H,5-7,14H2,1-2H3,(H,15,16). The van der Waals surface area contributed by atoms with Crippen molar-refractivity contribution < 1.29 is 19.0 Å². The van der Waals surface area contributed by atoms with E-state index in [1.807, 2.05) is 13.8 Å². The summed E-state index contributed by atoms with van der Waals surface area (Å²) in [5.41, 5.74) is 6.43. The molecular formula is C13H18N2O4. The summed E-state index contributed by atoms with van der Waals surface area (Å²) in [5, 5.41) is 2.75. The van der Waals surface area contributed by atoms with E-state index in [1.54, 1.807) is 12.1 Å². The molecule has 0 saturated heterocycles. The second-order valence-corrected chi connectivity index (χ2v) is 4.53. The molecule has 1 heterocycles. The van der Waals surface area contributed by atoms with Gasteiger partial charge in [0.25, 0.3) is 5.91 Å². The van der Waals surface area contributed by atoms with Gasteiger partial charge < -0.3 is 25.3 Å². The van der Waals surface area contributed by atoms with Gasteiger partial charge in [-0.3, -0.25) is 4.79 Å². The van der Waals surface area contributed by atoms with Gasteiger partial charge in [-0.05, 0) is 19.9 Å². The number of nitrogens with two attached hydrogens (primary N) is 1. The Morgan fingerprint density at radius 1 is 1.42 bits per heavy atom. The molecule has 0 atom stereocenters. The van der Waals surface area contributed by atoms with Crippen LogP contribution in [0, 0.1) is 0 Å². The van der Waals surface area contributed by atoms with Crippen molar-refractivity contribution in [3.05, 3.63) is 17.7 Å². The predicted molar refractivity (Wildman–Crippen MR) is 69.2 cm³/mol. The van der Waals surface area contributed by atoms with E-state index in [2.05, 4.69) is 5.32 Å². The number of ether oxygens (including phenoxy) is 3. The van der Waals surface area contributed by atoms with E-state index in [9.17, 15) is 4.79 Å². The van der Waals surface area contributed by atoms with Crippen LogP contribution in [0.15, 0.2) is 12.1 Å². The Kier molecular flexibility index (Phi) is 4.11. The minimum atomic E-state index is -0.171. The SMILES string of the molecule is CC(C)NC(=O)COc1cc2c(cc1CN)OCO2. The van der Waals surface area contributed by atoms with Crippen LogP contribution in [0.2, 0.25) is 0 Å². The molecule has 0 radical (unpaired) electrons. The first-order valence-corrected chi connectivity index (χ1v) is 6.15.